The summed E-state index contributed by atoms with van der Waals surface area (Å²) in [6.45, 7) is 1.03. The van der Waals surface area contributed by atoms with Gasteiger partial charge in [0.15, 0.2) is 0 Å². The summed E-state index contributed by atoms with van der Waals surface area (Å²) in [5.41, 5.74) is 1.55. The van der Waals surface area contributed by atoms with Gasteiger partial charge in [0, 0.05) is 37.2 Å². The zero-order valence-electron chi connectivity index (χ0n) is 15.5. The van der Waals surface area contributed by atoms with Crippen molar-refractivity contribution in [2.75, 3.05) is 13.1 Å². The summed E-state index contributed by atoms with van der Waals surface area (Å²) in [6, 6.07) is 15.5. The van der Waals surface area contributed by atoms with Crippen LogP contribution < -0.4 is 0 Å². The molecule has 0 aliphatic carbocycles. The summed E-state index contributed by atoms with van der Waals surface area (Å²) in [6.07, 6.45) is 3.74. The highest BCUT2D eigenvalue weighted by molar-refractivity contribution is 5.94. The number of hydrogen-bond acceptors (Lipinski definition) is 3. The zero-order chi connectivity index (χ0) is 19.5. The SMILES string of the molecule is O=C(c1ccc(F)cc1)N1CCC(C(=O)N2N=CCC2c2ccccc2)CC1. The van der Waals surface area contributed by atoms with E-state index in [2.05, 4.69) is 5.10 Å². The normalized spacial score (nSPS) is 19.8. The molecule has 0 saturated carbocycles. The average Bonchev–Trinajstić information content (AvgIpc) is 3.24. The van der Waals surface area contributed by atoms with Gasteiger partial charge in [-0.1, -0.05) is 30.3 Å². The highest BCUT2D eigenvalue weighted by Gasteiger charge is 2.35. The molecule has 2 aliphatic rings. The van der Waals surface area contributed by atoms with Gasteiger partial charge in [0.05, 0.1) is 6.04 Å². The molecule has 0 bridgehead atoms. The Bertz CT molecular complexity index is 874. The van der Waals surface area contributed by atoms with E-state index in [1.807, 2.05) is 30.3 Å². The minimum Gasteiger partial charge on any atom is -0.339 e. The van der Waals surface area contributed by atoms with Crippen LogP contribution in [0.5, 0.6) is 0 Å². The van der Waals surface area contributed by atoms with E-state index in [9.17, 15) is 14.0 Å². The molecule has 2 heterocycles. The number of nitrogens with zero attached hydrogens (tertiary/aromatic N) is 3. The summed E-state index contributed by atoms with van der Waals surface area (Å²) in [5.74, 6) is -0.595. The maximum atomic E-state index is 13.1. The third-order valence-electron chi connectivity index (χ3n) is 5.46. The van der Waals surface area contributed by atoms with Crippen molar-refractivity contribution in [3.05, 3.63) is 71.5 Å². The largest absolute Gasteiger partial charge is 0.339 e. The minimum atomic E-state index is -0.361. The zero-order valence-corrected chi connectivity index (χ0v) is 15.5. The number of benzene rings is 2. The minimum absolute atomic E-state index is 0.0245. The van der Waals surface area contributed by atoms with Crippen molar-refractivity contribution in [1.29, 1.82) is 0 Å². The molecule has 1 unspecified atom stereocenters. The van der Waals surface area contributed by atoms with Gasteiger partial charge in [0.1, 0.15) is 5.82 Å². The number of hydrogen-bond donors (Lipinski definition) is 0. The van der Waals surface area contributed by atoms with Gasteiger partial charge in [-0.05, 0) is 42.7 Å². The second kappa shape index (κ2) is 7.92. The maximum Gasteiger partial charge on any atom is 0.253 e. The van der Waals surface area contributed by atoms with Gasteiger partial charge in [-0.15, -0.1) is 0 Å². The first-order valence-electron chi connectivity index (χ1n) is 9.59. The van der Waals surface area contributed by atoms with Crippen LogP contribution in [0, 0.1) is 11.7 Å². The monoisotopic (exact) mass is 379 g/mol. The molecule has 2 aromatic carbocycles. The van der Waals surface area contributed by atoms with Gasteiger partial charge < -0.3 is 4.90 Å². The van der Waals surface area contributed by atoms with Crippen molar-refractivity contribution in [2.45, 2.75) is 25.3 Å². The number of carbonyl (C=O) groups excluding carboxylic acids is 2. The van der Waals surface area contributed by atoms with E-state index in [1.54, 1.807) is 16.1 Å². The Balaban J connectivity index is 1.38. The third kappa shape index (κ3) is 3.67. The standard InChI is InChI=1S/C22H22FN3O2/c23-19-8-6-17(7-9-19)21(27)25-14-11-18(12-15-25)22(28)26-20(10-13-24-26)16-4-2-1-3-5-16/h1-9,13,18,20H,10-12,14-15H2. The molecule has 0 N–H and O–H groups in total. The van der Waals surface area contributed by atoms with E-state index in [0.29, 0.717) is 31.5 Å². The van der Waals surface area contributed by atoms with Crippen LogP contribution in [0.2, 0.25) is 0 Å². The molecule has 5 nitrogen and oxygen atoms in total. The summed E-state index contributed by atoms with van der Waals surface area (Å²) in [7, 11) is 0. The molecule has 0 radical (unpaired) electrons. The number of likely N-dealkylation sites (tertiary alicyclic amines) is 1. The molecule has 1 fully saturated rings. The molecule has 1 atom stereocenters. The van der Waals surface area contributed by atoms with E-state index >= 15 is 0 Å². The van der Waals surface area contributed by atoms with Crippen LogP contribution in [0.15, 0.2) is 59.7 Å². The lowest BCUT2D eigenvalue weighted by Crippen LogP contribution is -2.43. The number of hydrazone groups is 1. The molecule has 144 valence electrons. The van der Waals surface area contributed by atoms with Crippen molar-refractivity contribution in [3.8, 4) is 0 Å². The molecule has 4 rings (SSSR count). The van der Waals surface area contributed by atoms with E-state index in [4.69, 9.17) is 0 Å². The highest BCUT2D eigenvalue weighted by Crippen LogP contribution is 2.31. The summed E-state index contributed by atoms with van der Waals surface area (Å²) < 4.78 is 13.1. The number of amides is 2. The lowest BCUT2D eigenvalue weighted by molar-refractivity contribution is -0.138. The van der Waals surface area contributed by atoms with Crippen molar-refractivity contribution in [3.63, 3.8) is 0 Å². The van der Waals surface area contributed by atoms with Gasteiger partial charge in [-0.25, -0.2) is 9.40 Å². The second-order valence-electron chi connectivity index (χ2n) is 7.22. The summed E-state index contributed by atoms with van der Waals surface area (Å²) in [5, 5.41) is 5.93. The van der Waals surface area contributed by atoms with Gasteiger partial charge in [-0.2, -0.15) is 5.10 Å². The quantitative estimate of drug-likeness (QED) is 0.818. The van der Waals surface area contributed by atoms with Gasteiger partial charge in [0.2, 0.25) is 5.91 Å². The van der Waals surface area contributed by atoms with Gasteiger partial charge >= 0.3 is 0 Å². The van der Waals surface area contributed by atoms with Gasteiger partial charge in [-0.3, -0.25) is 9.59 Å². The summed E-state index contributed by atoms with van der Waals surface area (Å²) >= 11 is 0. The lowest BCUT2D eigenvalue weighted by Gasteiger charge is -2.34. The maximum absolute atomic E-state index is 13.1. The van der Waals surface area contributed by atoms with E-state index < -0.39 is 0 Å². The predicted molar refractivity (Wildman–Crippen MR) is 104 cm³/mol. The van der Waals surface area contributed by atoms with Crippen LogP contribution in [-0.4, -0.2) is 41.0 Å². The number of halogens is 1. The van der Waals surface area contributed by atoms with Crippen molar-refractivity contribution >= 4 is 18.0 Å². The lowest BCUT2D eigenvalue weighted by atomic mass is 9.94. The Kier molecular flexibility index (Phi) is 5.19. The topological polar surface area (TPSA) is 53.0 Å². The molecule has 2 aromatic rings. The van der Waals surface area contributed by atoms with Crippen molar-refractivity contribution in [2.24, 2.45) is 11.0 Å². The molecular weight excluding hydrogens is 357 g/mol. The molecule has 6 heteroatoms. The fourth-order valence-corrected chi connectivity index (χ4v) is 3.87. The third-order valence-corrected chi connectivity index (χ3v) is 5.46. The van der Waals surface area contributed by atoms with Crippen LogP contribution in [0.3, 0.4) is 0 Å². The molecular formula is C22H22FN3O2. The van der Waals surface area contributed by atoms with Crippen LogP contribution in [0.1, 0.15) is 41.2 Å². The molecule has 2 aliphatic heterocycles. The Morgan fingerprint density at radius 1 is 0.964 bits per heavy atom. The Morgan fingerprint density at radius 2 is 1.64 bits per heavy atom. The predicted octanol–water partition coefficient (Wildman–Crippen LogP) is 3.64. The number of rotatable bonds is 3. The molecule has 0 spiro atoms. The number of carbonyl (C=O) groups is 2. The van der Waals surface area contributed by atoms with Crippen LogP contribution in [0.25, 0.3) is 0 Å². The first kappa shape index (κ1) is 18.3. The van der Waals surface area contributed by atoms with Gasteiger partial charge in [0.25, 0.3) is 5.91 Å². The van der Waals surface area contributed by atoms with E-state index in [1.165, 1.54) is 24.3 Å². The molecule has 1 saturated heterocycles. The fourth-order valence-electron chi connectivity index (χ4n) is 3.87. The first-order chi connectivity index (χ1) is 13.6. The Hall–Kier alpha value is -3.02. The Labute approximate surface area is 163 Å². The van der Waals surface area contributed by atoms with E-state index in [-0.39, 0.29) is 29.6 Å². The second-order valence-corrected chi connectivity index (χ2v) is 7.22. The summed E-state index contributed by atoms with van der Waals surface area (Å²) in [4.78, 5) is 27.3. The van der Waals surface area contributed by atoms with Crippen molar-refractivity contribution < 1.29 is 14.0 Å². The molecule has 2 amide bonds. The first-order valence-corrected chi connectivity index (χ1v) is 9.59. The highest BCUT2D eigenvalue weighted by atomic mass is 19.1. The van der Waals surface area contributed by atoms with Crippen molar-refractivity contribution in [1.82, 2.24) is 9.91 Å². The average molecular weight is 379 g/mol. The van der Waals surface area contributed by atoms with Crippen LogP contribution in [-0.2, 0) is 4.79 Å². The number of piperidine rings is 1. The van der Waals surface area contributed by atoms with Crippen LogP contribution >= 0.6 is 0 Å². The smallest absolute Gasteiger partial charge is 0.253 e. The fraction of sp³-hybridized carbons (Fsp3) is 0.318. The molecule has 0 aromatic heterocycles. The van der Waals surface area contributed by atoms with E-state index in [0.717, 1.165) is 12.0 Å². The molecule has 28 heavy (non-hydrogen) atoms. The van der Waals surface area contributed by atoms with Crippen LogP contribution in [0.4, 0.5) is 4.39 Å². The Morgan fingerprint density at radius 3 is 2.32 bits per heavy atom.